The molecule has 0 amide bonds. The minimum absolute atomic E-state index is 0.201. The Kier molecular flexibility index (Phi) is 5.69. The summed E-state index contributed by atoms with van der Waals surface area (Å²) in [6.45, 7) is 12.2. The van der Waals surface area contributed by atoms with Gasteiger partial charge in [0.05, 0.1) is 11.5 Å². The van der Waals surface area contributed by atoms with E-state index in [1.807, 2.05) is 20.8 Å². The Hall–Kier alpha value is -0.353. The molecule has 0 aromatic rings. The third-order valence-corrected chi connectivity index (χ3v) is 4.35. The number of carboxylic acids is 1. The van der Waals surface area contributed by atoms with Gasteiger partial charge in [-0.05, 0) is 25.3 Å². The number of carbonyl (C=O) groups is 1. The van der Waals surface area contributed by atoms with Crippen LogP contribution in [0.3, 0.4) is 0 Å². The summed E-state index contributed by atoms with van der Waals surface area (Å²) in [6.07, 6.45) is 1.56. The lowest BCUT2D eigenvalue weighted by Crippen LogP contribution is -2.41. The molecule has 0 bridgehead atoms. The molecule has 3 nitrogen and oxygen atoms in total. The van der Waals surface area contributed by atoms with Gasteiger partial charge in [-0.2, -0.15) is 0 Å². The van der Waals surface area contributed by atoms with Crippen molar-refractivity contribution in [2.24, 2.45) is 5.92 Å². The molecule has 4 heteroatoms. The summed E-state index contributed by atoms with van der Waals surface area (Å²) in [5.41, 5.74) is -0.540. The maximum Gasteiger partial charge on any atom is 0.309 e. The largest absolute Gasteiger partial charge is 0.481 e. The molecular weight excluding hydrogens is 220 g/mol. The Morgan fingerprint density at radius 3 is 2.12 bits per heavy atom. The highest BCUT2D eigenvalue weighted by Crippen LogP contribution is 2.29. The normalized spacial score (nSPS) is 15.6. The monoisotopic (exact) mass is 246 g/mol. The van der Waals surface area contributed by atoms with Crippen LogP contribution >= 0.6 is 0 Å². The van der Waals surface area contributed by atoms with Crippen molar-refractivity contribution in [3.63, 3.8) is 0 Å². The van der Waals surface area contributed by atoms with E-state index in [0.717, 1.165) is 6.42 Å². The van der Waals surface area contributed by atoms with E-state index in [0.29, 0.717) is 6.42 Å². The SMILES string of the molecule is CCCC(C(=O)O)C(C)(C)O[SiH2]C(C)(C)C. The first-order chi connectivity index (χ1) is 7.10. The molecule has 0 heterocycles. The fourth-order valence-electron chi connectivity index (χ4n) is 1.56. The Morgan fingerprint density at radius 2 is 1.81 bits per heavy atom. The quantitative estimate of drug-likeness (QED) is 0.733. The van der Waals surface area contributed by atoms with Crippen LogP contribution in [0.15, 0.2) is 0 Å². The molecule has 0 radical (unpaired) electrons. The molecule has 0 aliphatic rings. The van der Waals surface area contributed by atoms with Crippen LogP contribution in [0, 0.1) is 5.92 Å². The molecule has 1 unspecified atom stereocenters. The lowest BCUT2D eigenvalue weighted by Gasteiger charge is -2.34. The first-order valence-corrected chi connectivity index (χ1v) is 7.25. The van der Waals surface area contributed by atoms with E-state index in [1.165, 1.54) is 0 Å². The van der Waals surface area contributed by atoms with Gasteiger partial charge < -0.3 is 9.53 Å². The van der Waals surface area contributed by atoms with Crippen molar-refractivity contribution in [1.29, 1.82) is 0 Å². The highest BCUT2D eigenvalue weighted by atomic mass is 28.2. The summed E-state index contributed by atoms with van der Waals surface area (Å²) >= 11 is 0. The minimum atomic E-state index is -0.741. The van der Waals surface area contributed by atoms with E-state index in [1.54, 1.807) is 0 Å². The van der Waals surface area contributed by atoms with Gasteiger partial charge >= 0.3 is 5.97 Å². The second-order valence-electron chi connectivity index (χ2n) is 6.13. The maximum absolute atomic E-state index is 11.2. The van der Waals surface area contributed by atoms with E-state index < -0.39 is 27.3 Å². The predicted molar refractivity (Wildman–Crippen MR) is 69.5 cm³/mol. The molecule has 96 valence electrons. The number of carboxylic acid groups (broad SMARTS) is 1. The Balaban J connectivity index is 4.53. The Labute approximate surface area is 102 Å². The molecule has 0 aromatic carbocycles. The number of hydrogen-bond acceptors (Lipinski definition) is 2. The van der Waals surface area contributed by atoms with Gasteiger partial charge in [0.2, 0.25) is 0 Å². The highest BCUT2D eigenvalue weighted by Gasteiger charge is 2.35. The predicted octanol–water partition coefficient (Wildman–Crippen LogP) is 2.58. The average molecular weight is 246 g/mol. The van der Waals surface area contributed by atoms with Gasteiger partial charge in [-0.15, -0.1) is 0 Å². The zero-order valence-corrected chi connectivity index (χ0v) is 12.9. The first-order valence-electron chi connectivity index (χ1n) is 5.97. The average Bonchev–Trinajstić information content (AvgIpc) is 2.09. The molecule has 0 rings (SSSR count). The molecule has 0 saturated carbocycles. The smallest absolute Gasteiger partial charge is 0.309 e. The molecule has 1 N–H and O–H groups in total. The van der Waals surface area contributed by atoms with Crippen molar-refractivity contribution in [3.05, 3.63) is 0 Å². The molecule has 0 aliphatic heterocycles. The van der Waals surface area contributed by atoms with Crippen LogP contribution in [0.4, 0.5) is 0 Å². The third-order valence-electron chi connectivity index (χ3n) is 2.59. The van der Waals surface area contributed by atoms with Gasteiger partial charge in [-0.25, -0.2) is 0 Å². The fourth-order valence-corrected chi connectivity index (χ4v) is 2.57. The van der Waals surface area contributed by atoms with Crippen LogP contribution in [0.1, 0.15) is 54.4 Å². The molecular formula is C12H26O3Si. The van der Waals surface area contributed by atoms with Crippen LogP contribution in [-0.2, 0) is 9.22 Å². The zero-order chi connectivity index (χ0) is 13.0. The fraction of sp³-hybridized carbons (Fsp3) is 0.917. The standard InChI is InChI=1S/C12H26O3Si/c1-7-8-9(10(13)14)12(5,6)15-16-11(2,3)4/h9H,7-8,16H2,1-6H3,(H,13,14). The summed E-state index contributed by atoms with van der Waals surface area (Å²) in [7, 11) is -0.710. The van der Waals surface area contributed by atoms with Crippen LogP contribution in [0.2, 0.25) is 5.04 Å². The molecule has 0 aromatic heterocycles. The summed E-state index contributed by atoms with van der Waals surface area (Å²) in [5.74, 6) is -1.14. The van der Waals surface area contributed by atoms with Gasteiger partial charge in [-0.3, -0.25) is 4.79 Å². The molecule has 0 saturated heterocycles. The van der Waals surface area contributed by atoms with Crippen molar-refractivity contribution in [2.75, 3.05) is 0 Å². The highest BCUT2D eigenvalue weighted by molar-refractivity contribution is 6.31. The van der Waals surface area contributed by atoms with E-state index >= 15 is 0 Å². The van der Waals surface area contributed by atoms with Gasteiger partial charge in [0, 0.05) is 0 Å². The van der Waals surface area contributed by atoms with E-state index in [4.69, 9.17) is 4.43 Å². The third kappa shape index (κ3) is 5.65. The molecule has 0 fully saturated rings. The lowest BCUT2D eigenvalue weighted by molar-refractivity contribution is -0.149. The number of aliphatic carboxylic acids is 1. The maximum atomic E-state index is 11.2. The molecule has 0 aliphatic carbocycles. The van der Waals surface area contributed by atoms with Crippen LogP contribution < -0.4 is 0 Å². The summed E-state index contributed by atoms with van der Waals surface area (Å²) in [6, 6.07) is 0. The molecule has 16 heavy (non-hydrogen) atoms. The van der Waals surface area contributed by atoms with Crippen molar-refractivity contribution in [1.82, 2.24) is 0 Å². The summed E-state index contributed by atoms with van der Waals surface area (Å²) in [4.78, 5) is 11.2. The van der Waals surface area contributed by atoms with Crippen LogP contribution in [-0.4, -0.2) is 26.4 Å². The van der Waals surface area contributed by atoms with Gasteiger partial charge in [0.15, 0.2) is 9.76 Å². The van der Waals surface area contributed by atoms with Crippen LogP contribution in [0.25, 0.3) is 0 Å². The van der Waals surface area contributed by atoms with E-state index in [9.17, 15) is 9.90 Å². The van der Waals surface area contributed by atoms with Gasteiger partial charge in [0.1, 0.15) is 0 Å². The summed E-state index contributed by atoms with van der Waals surface area (Å²) in [5, 5.41) is 9.41. The molecule has 0 spiro atoms. The van der Waals surface area contributed by atoms with Gasteiger partial charge in [0.25, 0.3) is 0 Å². The van der Waals surface area contributed by atoms with Crippen molar-refractivity contribution >= 4 is 15.7 Å². The second kappa shape index (κ2) is 5.82. The lowest BCUT2D eigenvalue weighted by atomic mass is 9.87. The van der Waals surface area contributed by atoms with Crippen molar-refractivity contribution in [2.45, 2.75) is 65.0 Å². The van der Waals surface area contributed by atoms with Gasteiger partial charge in [-0.1, -0.05) is 34.1 Å². The zero-order valence-electron chi connectivity index (χ0n) is 11.5. The van der Waals surface area contributed by atoms with E-state index in [-0.39, 0.29) is 5.04 Å². The minimum Gasteiger partial charge on any atom is -0.481 e. The molecule has 1 atom stereocenters. The number of rotatable bonds is 6. The van der Waals surface area contributed by atoms with Crippen LogP contribution in [0.5, 0.6) is 0 Å². The van der Waals surface area contributed by atoms with Crippen molar-refractivity contribution < 1.29 is 14.3 Å². The van der Waals surface area contributed by atoms with Crippen molar-refractivity contribution in [3.8, 4) is 0 Å². The first kappa shape index (κ1) is 15.6. The van der Waals surface area contributed by atoms with E-state index in [2.05, 4.69) is 20.8 Å². The topological polar surface area (TPSA) is 46.5 Å². The number of hydrogen-bond donors (Lipinski definition) is 1. The Bertz CT molecular complexity index is 231. The summed E-state index contributed by atoms with van der Waals surface area (Å²) < 4.78 is 5.93. The Morgan fingerprint density at radius 1 is 1.31 bits per heavy atom. The second-order valence-corrected chi connectivity index (χ2v) is 8.83.